The Morgan fingerprint density at radius 3 is 2.64 bits per heavy atom. The van der Waals surface area contributed by atoms with E-state index in [1.807, 2.05) is 26.8 Å². The molecule has 174 valence electrons. The van der Waals surface area contributed by atoms with Gasteiger partial charge in [-0.2, -0.15) is 0 Å². The van der Waals surface area contributed by atoms with E-state index in [-0.39, 0.29) is 18.2 Å². The van der Waals surface area contributed by atoms with Gasteiger partial charge < -0.3 is 14.4 Å². The highest BCUT2D eigenvalue weighted by Gasteiger charge is 2.18. The number of carboxylic acid groups (broad SMARTS) is 1. The van der Waals surface area contributed by atoms with Gasteiger partial charge in [-0.3, -0.25) is 9.79 Å². The van der Waals surface area contributed by atoms with E-state index >= 15 is 0 Å². The normalized spacial score (nSPS) is 11.9. The monoisotopic (exact) mass is 490 g/mol. The Labute approximate surface area is 201 Å². The number of hydrogen-bond acceptors (Lipinski definition) is 6. The maximum atomic E-state index is 12.8. The van der Waals surface area contributed by atoms with Crippen LogP contribution in [0.15, 0.2) is 39.8 Å². The zero-order valence-corrected chi connectivity index (χ0v) is 20.0. The topological polar surface area (TPSA) is 102 Å². The first-order valence-electron chi connectivity index (χ1n) is 10.4. The molecular formula is C24H24Cl2N2O5. The number of fused-ring (bicyclic) bond motifs is 1. The van der Waals surface area contributed by atoms with Crippen LogP contribution in [0, 0.1) is 12.8 Å². The molecule has 1 heterocycles. The lowest BCUT2D eigenvalue weighted by Gasteiger charge is -2.09. The summed E-state index contributed by atoms with van der Waals surface area (Å²) in [5.74, 6) is -0.873. The van der Waals surface area contributed by atoms with Crippen LogP contribution in [-0.2, 0) is 22.6 Å². The third-order valence-electron chi connectivity index (χ3n) is 5.06. The predicted octanol–water partition coefficient (Wildman–Crippen LogP) is 5.71. The second kappa shape index (κ2) is 10.8. The molecule has 0 saturated carbocycles. The Morgan fingerprint density at radius 1 is 1.21 bits per heavy atom. The zero-order valence-electron chi connectivity index (χ0n) is 18.5. The molecule has 0 bridgehead atoms. The number of ketones is 1. The summed E-state index contributed by atoms with van der Waals surface area (Å²) >= 11 is 12.2. The minimum atomic E-state index is -1.06. The fourth-order valence-electron chi connectivity index (χ4n) is 3.28. The van der Waals surface area contributed by atoms with Crippen LogP contribution in [0.5, 0.6) is 5.75 Å². The third-order valence-corrected chi connectivity index (χ3v) is 5.64. The van der Waals surface area contributed by atoms with Gasteiger partial charge in [-0.05, 0) is 49.1 Å². The summed E-state index contributed by atoms with van der Waals surface area (Å²) < 4.78 is 10.7. The third kappa shape index (κ3) is 6.33. The van der Waals surface area contributed by atoms with Gasteiger partial charge in [0.05, 0.1) is 18.0 Å². The molecule has 0 fully saturated rings. The van der Waals surface area contributed by atoms with E-state index in [2.05, 4.69) is 10.1 Å². The number of hydrogen-bond donors (Lipinski definition) is 1. The molecular weight excluding hydrogens is 467 g/mol. The van der Waals surface area contributed by atoms with E-state index in [9.17, 15) is 9.59 Å². The zero-order chi connectivity index (χ0) is 24.1. The second-order valence-corrected chi connectivity index (χ2v) is 8.79. The molecule has 0 unspecified atom stereocenters. The molecule has 7 nitrogen and oxygen atoms in total. The number of halogens is 2. The van der Waals surface area contributed by atoms with Gasteiger partial charge in [0.2, 0.25) is 0 Å². The number of carbonyl (C=O) groups excluding carboxylic acids is 1. The first kappa shape index (κ1) is 24.7. The molecule has 0 radical (unpaired) electrons. The van der Waals surface area contributed by atoms with Gasteiger partial charge in [-0.1, -0.05) is 48.3 Å². The van der Waals surface area contributed by atoms with Crippen LogP contribution < -0.4 is 4.74 Å². The molecule has 33 heavy (non-hydrogen) atoms. The summed E-state index contributed by atoms with van der Waals surface area (Å²) in [6, 6.07) is 8.65. The number of aliphatic imine (C=N–C) groups is 1. The maximum Gasteiger partial charge on any atom is 0.341 e. The minimum absolute atomic E-state index is 0.0339. The molecule has 9 heteroatoms. The van der Waals surface area contributed by atoms with Gasteiger partial charge in [-0.15, -0.1) is 0 Å². The summed E-state index contributed by atoms with van der Waals surface area (Å²) in [6.07, 6.45) is 0.841. The Balaban J connectivity index is 1.80. The van der Waals surface area contributed by atoms with Crippen molar-refractivity contribution in [2.45, 2.75) is 40.2 Å². The SMILES string of the molecule is Cc1cc2c(CCC(=NCc3ccc(Cl)cc3Cl)C(=O)C(C)C)noc2cc1OCC(=O)O. The van der Waals surface area contributed by atoms with Gasteiger partial charge in [0.25, 0.3) is 0 Å². The lowest BCUT2D eigenvalue weighted by molar-refractivity contribution is -0.139. The predicted molar refractivity (Wildman–Crippen MR) is 128 cm³/mol. The Morgan fingerprint density at radius 2 is 1.97 bits per heavy atom. The number of rotatable bonds is 10. The molecule has 1 N–H and O–H groups in total. The highest BCUT2D eigenvalue weighted by molar-refractivity contribution is 6.40. The van der Waals surface area contributed by atoms with Gasteiger partial charge >= 0.3 is 5.97 Å². The van der Waals surface area contributed by atoms with E-state index in [0.29, 0.717) is 45.6 Å². The minimum Gasteiger partial charge on any atom is -0.481 e. The van der Waals surface area contributed by atoms with Gasteiger partial charge in [0.15, 0.2) is 18.0 Å². The number of nitrogens with zero attached hydrogens (tertiary/aromatic N) is 2. The first-order valence-corrected chi connectivity index (χ1v) is 11.2. The van der Waals surface area contributed by atoms with E-state index < -0.39 is 12.6 Å². The number of Topliss-reactive ketones (excluding diaryl/α,β-unsaturated/α-hetero) is 1. The lowest BCUT2D eigenvalue weighted by Crippen LogP contribution is -2.21. The molecule has 0 spiro atoms. The first-order chi connectivity index (χ1) is 15.7. The summed E-state index contributed by atoms with van der Waals surface area (Å²) in [4.78, 5) is 28.1. The number of ether oxygens (including phenoxy) is 1. The van der Waals surface area contributed by atoms with Crippen LogP contribution >= 0.6 is 23.2 Å². The number of aliphatic carboxylic acids is 1. The largest absolute Gasteiger partial charge is 0.481 e. The van der Waals surface area contributed by atoms with E-state index in [1.54, 1.807) is 24.3 Å². The van der Waals surface area contributed by atoms with Gasteiger partial charge in [0, 0.05) is 27.4 Å². The molecule has 3 rings (SSSR count). The van der Waals surface area contributed by atoms with Crippen molar-refractivity contribution in [3.05, 3.63) is 57.2 Å². The number of carbonyl (C=O) groups is 2. The van der Waals surface area contributed by atoms with E-state index in [0.717, 1.165) is 16.5 Å². The Bertz CT molecular complexity index is 1220. The van der Waals surface area contributed by atoms with Crippen molar-refractivity contribution in [2.75, 3.05) is 6.61 Å². The summed E-state index contributed by atoms with van der Waals surface area (Å²) in [5.41, 5.74) is 3.18. The quantitative estimate of drug-likeness (QED) is 0.365. The number of aryl methyl sites for hydroxylation is 2. The lowest BCUT2D eigenvalue weighted by atomic mass is 9.99. The van der Waals surface area contributed by atoms with Crippen LogP contribution in [0.3, 0.4) is 0 Å². The van der Waals surface area contributed by atoms with Crippen LogP contribution in [0.1, 0.15) is 37.1 Å². The van der Waals surface area contributed by atoms with Crippen molar-refractivity contribution in [3.63, 3.8) is 0 Å². The van der Waals surface area contributed by atoms with E-state index in [1.165, 1.54) is 0 Å². The van der Waals surface area contributed by atoms with Crippen LogP contribution in [-0.4, -0.2) is 34.3 Å². The van der Waals surface area contributed by atoms with Gasteiger partial charge in [-0.25, -0.2) is 4.79 Å². The molecule has 0 atom stereocenters. The molecule has 3 aromatic rings. The average molecular weight is 491 g/mol. The molecule has 0 aliphatic carbocycles. The number of benzene rings is 2. The van der Waals surface area contributed by atoms with Crippen molar-refractivity contribution >= 4 is 51.6 Å². The van der Waals surface area contributed by atoms with Crippen molar-refractivity contribution in [2.24, 2.45) is 10.9 Å². The smallest absolute Gasteiger partial charge is 0.341 e. The van der Waals surface area contributed by atoms with E-state index in [4.69, 9.17) is 37.6 Å². The maximum absolute atomic E-state index is 12.8. The van der Waals surface area contributed by atoms with Crippen LogP contribution in [0.2, 0.25) is 10.0 Å². The molecule has 0 saturated heterocycles. The Hall–Kier alpha value is -2.90. The van der Waals surface area contributed by atoms with Crippen molar-refractivity contribution < 1.29 is 24.0 Å². The highest BCUT2D eigenvalue weighted by Crippen LogP contribution is 2.29. The molecule has 0 aliphatic heterocycles. The second-order valence-electron chi connectivity index (χ2n) is 7.94. The summed E-state index contributed by atoms with van der Waals surface area (Å²) in [5, 5.41) is 14.8. The van der Waals surface area contributed by atoms with Crippen LogP contribution in [0.25, 0.3) is 11.0 Å². The van der Waals surface area contributed by atoms with Crippen molar-refractivity contribution in [3.8, 4) is 5.75 Å². The Kier molecular flexibility index (Phi) is 8.10. The van der Waals surface area contributed by atoms with Crippen molar-refractivity contribution in [1.29, 1.82) is 0 Å². The van der Waals surface area contributed by atoms with Crippen molar-refractivity contribution in [1.82, 2.24) is 5.16 Å². The van der Waals surface area contributed by atoms with Crippen LogP contribution in [0.4, 0.5) is 0 Å². The summed E-state index contributed by atoms with van der Waals surface area (Å²) in [6.45, 7) is 5.31. The number of aromatic nitrogens is 1. The molecule has 2 aromatic carbocycles. The van der Waals surface area contributed by atoms with Gasteiger partial charge in [0.1, 0.15) is 5.75 Å². The molecule has 1 aromatic heterocycles. The fourth-order valence-corrected chi connectivity index (χ4v) is 3.75. The number of carboxylic acids is 1. The summed E-state index contributed by atoms with van der Waals surface area (Å²) in [7, 11) is 0. The average Bonchev–Trinajstić information content (AvgIpc) is 3.14. The molecule has 0 aliphatic rings. The fraction of sp³-hybridized carbons (Fsp3) is 0.333. The molecule has 0 amide bonds. The standard InChI is InChI=1S/C24H24Cl2N2O5/c1-13(2)24(31)20(27-11-15-4-5-16(25)9-18(15)26)7-6-19-17-8-14(3)21(32-12-23(29)30)10-22(17)33-28-19/h4-5,8-10,13H,6-7,11-12H2,1-3H3,(H,29,30). The highest BCUT2D eigenvalue weighted by atomic mass is 35.5.